The number of hydrogen-bond acceptors (Lipinski definition) is 5. The van der Waals surface area contributed by atoms with Crippen molar-refractivity contribution in [3.8, 4) is 5.75 Å². The van der Waals surface area contributed by atoms with E-state index in [0.717, 1.165) is 0 Å². The van der Waals surface area contributed by atoms with Gasteiger partial charge in [0, 0.05) is 18.5 Å². The Bertz CT molecular complexity index is 774. The molecule has 1 saturated carbocycles. The molecule has 0 radical (unpaired) electrons. The first kappa shape index (κ1) is 19.2. The van der Waals surface area contributed by atoms with E-state index in [9.17, 15) is 18.0 Å². The molecule has 6 nitrogen and oxygen atoms in total. The van der Waals surface area contributed by atoms with Crippen molar-refractivity contribution in [3.63, 3.8) is 0 Å². The zero-order chi connectivity index (χ0) is 19.4. The van der Waals surface area contributed by atoms with Crippen LogP contribution in [-0.4, -0.2) is 28.3 Å². The fourth-order valence-corrected chi connectivity index (χ4v) is 3.14. The minimum absolute atomic E-state index is 0.0689. The van der Waals surface area contributed by atoms with E-state index in [-0.39, 0.29) is 25.4 Å². The van der Waals surface area contributed by atoms with Gasteiger partial charge in [-0.3, -0.25) is 4.79 Å². The molecule has 146 valence electrons. The summed E-state index contributed by atoms with van der Waals surface area (Å²) in [5.41, 5.74) is 0.367. The summed E-state index contributed by atoms with van der Waals surface area (Å²) in [6.07, 6.45) is -3.14. The maximum Gasteiger partial charge on any atom is 0.391 e. The second-order valence-corrected chi connectivity index (χ2v) is 6.62. The molecule has 1 amide bonds. The van der Waals surface area contributed by atoms with Crippen molar-refractivity contribution >= 4 is 5.91 Å². The van der Waals surface area contributed by atoms with Crippen LogP contribution in [0.25, 0.3) is 0 Å². The second-order valence-electron chi connectivity index (χ2n) is 6.62. The highest BCUT2D eigenvalue weighted by atomic mass is 19.4. The van der Waals surface area contributed by atoms with E-state index in [2.05, 4.69) is 15.5 Å². The molecule has 1 aliphatic carbocycles. The summed E-state index contributed by atoms with van der Waals surface area (Å²) in [6, 6.07) is 5.89. The first-order valence-electron chi connectivity index (χ1n) is 8.71. The fourth-order valence-electron chi connectivity index (χ4n) is 3.14. The Balaban J connectivity index is 1.52. The Labute approximate surface area is 154 Å². The second kappa shape index (κ2) is 7.98. The zero-order valence-electron chi connectivity index (χ0n) is 14.8. The summed E-state index contributed by atoms with van der Waals surface area (Å²) in [5, 5.41) is 6.41. The van der Waals surface area contributed by atoms with Crippen LogP contribution in [0.5, 0.6) is 5.75 Å². The van der Waals surface area contributed by atoms with Gasteiger partial charge in [-0.05, 0) is 43.5 Å². The molecule has 0 bridgehead atoms. The molecule has 1 fully saturated rings. The summed E-state index contributed by atoms with van der Waals surface area (Å²) in [6.45, 7) is 1.80. The van der Waals surface area contributed by atoms with Gasteiger partial charge in [-0.1, -0.05) is 11.6 Å². The SMILES string of the molecule is Cc1nc(COc2ccc(C(=O)NC3CCCC(C(F)(F)F)C3)cc2)no1. The Morgan fingerprint density at radius 2 is 2.04 bits per heavy atom. The van der Waals surface area contributed by atoms with Crippen LogP contribution in [0.4, 0.5) is 13.2 Å². The number of amides is 1. The van der Waals surface area contributed by atoms with Crippen molar-refractivity contribution in [1.82, 2.24) is 15.5 Å². The summed E-state index contributed by atoms with van der Waals surface area (Å²) < 4.78 is 49.0. The molecule has 1 N–H and O–H groups in total. The smallest absolute Gasteiger partial charge is 0.391 e. The van der Waals surface area contributed by atoms with Crippen LogP contribution < -0.4 is 10.1 Å². The molecule has 2 atom stereocenters. The van der Waals surface area contributed by atoms with Crippen molar-refractivity contribution in [2.24, 2.45) is 5.92 Å². The lowest BCUT2D eigenvalue weighted by molar-refractivity contribution is -0.183. The molecule has 27 heavy (non-hydrogen) atoms. The molecule has 1 aromatic heterocycles. The number of ether oxygens (including phenoxy) is 1. The number of halogens is 3. The maximum absolute atomic E-state index is 12.9. The number of carbonyl (C=O) groups excluding carboxylic acids is 1. The molecular weight excluding hydrogens is 363 g/mol. The molecule has 2 unspecified atom stereocenters. The quantitative estimate of drug-likeness (QED) is 0.850. The summed E-state index contributed by atoms with van der Waals surface area (Å²) in [7, 11) is 0. The standard InChI is InChI=1S/C18H20F3N3O3/c1-11-22-16(24-27-11)10-26-15-7-5-12(6-8-15)17(25)23-14-4-2-3-13(9-14)18(19,20)21/h5-8,13-14H,2-4,9-10H2,1H3,(H,23,25). The van der Waals surface area contributed by atoms with Crippen molar-refractivity contribution < 1.29 is 27.2 Å². The van der Waals surface area contributed by atoms with E-state index in [1.165, 1.54) is 0 Å². The van der Waals surface area contributed by atoms with Crippen LogP contribution in [0.15, 0.2) is 28.8 Å². The topological polar surface area (TPSA) is 77.2 Å². The van der Waals surface area contributed by atoms with Crippen LogP contribution in [0.1, 0.15) is 47.8 Å². The highest BCUT2D eigenvalue weighted by Crippen LogP contribution is 2.37. The minimum atomic E-state index is -4.21. The van der Waals surface area contributed by atoms with Crippen molar-refractivity contribution in [3.05, 3.63) is 41.5 Å². The van der Waals surface area contributed by atoms with Gasteiger partial charge in [0.05, 0.1) is 5.92 Å². The van der Waals surface area contributed by atoms with Gasteiger partial charge in [-0.15, -0.1) is 0 Å². The number of aryl methyl sites for hydroxylation is 1. The van der Waals surface area contributed by atoms with Gasteiger partial charge in [-0.2, -0.15) is 18.2 Å². The number of benzene rings is 1. The maximum atomic E-state index is 12.9. The average Bonchev–Trinajstić information content (AvgIpc) is 3.05. The molecule has 0 saturated heterocycles. The van der Waals surface area contributed by atoms with Crippen molar-refractivity contribution in [2.45, 2.75) is 51.4 Å². The fraction of sp³-hybridized carbons (Fsp3) is 0.500. The van der Waals surface area contributed by atoms with Crippen LogP contribution in [-0.2, 0) is 6.61 Å². The van der Waals surface area contributed by atoms with E-state index >= 15 is 0 Å². The third-order valence-electron chi connectivity index (χ3n) is 4.53. The monoisotopic (exact) mass is 383 g/mol. The normalized spacial score (nSPS) is 20.3. The molecule has 1 heterocycles. The van der Waals surface area contributed by atoms with E-state index in [1.807, 2.05) is 0 Å². The molecule has 9 heteroatoms. The molecule has 1 aromatic carbocycles. The predicted molar refractivity (Wildman–Crippen MR) is 89.1 cm³/mol. The molecule has 0 aliphatic heterocycles. The van der Waals surface area contributed by atoms with E-state index in [0.29, 0.717) is 35.9 Å². The lowest BCUT2D eigenvalue weighted by Gasteiger charge is -2.31. The first-order chi connectivity index (χ1) is 12.8. The van der Waals surface area contributed by atoms with Gasteiger partial charge in [0.15, 0.2) is 6.61 Å². The predicted octanol–water partition coefficient (Wildman–Crippen LogP) is 3.81. The number of aromatic nitrogens is 2. The van der Waals surface area contributed by atoms with Crippen molar-refractivity contribution in [2.75, 3.05) is 0 Å². The third-order valence-corrected chi connectivity index (χ3v) is 4.53. The van der Waals surface area contributed by atoms with Crippen LogP contribution >= 0.6 is 0 Å². The molecule has 3 rings (SSSR count). The number of hydrogen-bond donors (Lipinski definition) is 1. The van der Waals surface area contributed by atoms with Gasteiger partial charge < -0.3 is 14.6 Å². The number of nitrogens with zero attached hydrogens (tertiary/aromatic N) is 2. The van der Waals surface area contributed by atoms with E-state index in [1.54, 1.807) is 31.2 Å². The Hall–Kier alpha value is -2.58. The highest BCUT2D eigenvalue weighted by Gasteiger charge is 2.42. The van der Waals surface area contributed by atoms with Crippen molar-refractivity contribution in [1.29, 1.82) is 0 Å². The van der Waals surface area contributed by atoms with Gasteiger partial charge in [0.25, 0.3) is 5.91 Å². The van der Waals surface area contributed by atoms with E-state index < -0.39 is 18.1 Å². The number of carbonyl (C=O) groups is 1. The highest BCUT2D eigenvalue weighted by molar-refractivity contribution is 5.94. The summed E-state index contributed by atoms with van der Waals surface area (Å²) in [4.78, 5) is 16.3. The van der Waals surface area contributed by atoms with Gasteiger partial charge >= 0.3 is 6.18 Å². The summed E-state index contributed by atoms with van der Waals surface area (Å²) >= 11 is 0. The Kier molecular flexibility index (Phi) is 5.67. The van der Waals surface area contributed by atoms with Crippen LogP contribution in [0.2, 0.25) is 0 Å². The lowest BCUT2D eigenvalue weighted by atomic mass is 9.85. The minimum Gasteiger partial charge on any atom is -0.485 e. The number of alkyl halides is 3. The van der Waals surface area contributed by atoms with Gasteiger partial charge in [0.2, 0.25) is 11.7 Å². The zero-order valence-corrected chi connectivity index (χ0v) is 14.8. The number of nitrogens with one attached hydrogen (secondary N) is 1. The largest absolute Gasteiger partial charge is 0.485 e. The molecular formula is C18H20F3N3O3. The summed E-state index contributed by atoms with van der Waals surface area (Å²) in [5.74, 6) is -0.366. The molecule has 0 spiro atoms. The van der Waals surface area contributed by atoms with Crippen LogP contribution in [0, 0.1) is 12.8 Å². The molecule has 1 aliphatic rings. The number of rotatable bonds is 5. The van der Waals surface area contributed by atoms with Crippen LogP contribution in [0.3, 0.4) is 0 Å². The van der Waals surface area contributed by atoms with Gasteiger partial charge in [0.1, 0.15) is 5.75 Å². The molecule has 2 aromatic rings. The van der Waals surface area contributed by atoms with Gasteiger partial charge in [-0.25, -0.2) is 0 Å². The third kappa shape index (κ3) is 5.21. The first-order valence-corrected chi connectivity index (χ1v) is 8.71. The Morgan fingerprint density at radius 3 is 2.67 bits per heavy atom. The average molecular weight is 383 g/mol. The Morgan fingerprint density at radius 1 is 1.30 bits per heavy atom. The van der Waals surface area contributed by atoms with E-state index in [4.69, 9.17) is 9.26 Å². The lowest BCUT2D eigenvalue weighted by Crippen LogP contribution is -2.41.